The lowest BCUT2D eigenvalue weighted by Gasteiger charge is -2.18. The number of aryl methyl sites for hydroxylation is 1. The molecule has 1 fully saturated rings. The first-order chi connectivity index (χ1) is 11.1. The Morgan fingerprint density at radius 3 is 2.61 bits per heavy atom. The Morgan fingerprint density at radius 2 is 1.96 bits per heavy atom. The third-order valence-electron chi connectivity index (χ3n) is 4.68. The maximum atomic E-state index is 12.9. The molecule has 1 saturated heterocycles. The molecule has 3 rings (SSSR count). The summed E-state index contributed by atoms with van der Waals surface area (Å²) in [6.07, 6.45) is 0. The summed E-state index contributed by atoms with van der Waals surface area (Å²) in [4.78, 5) is 14.8. The Balaban J connectivity index is 1.83. The summed E-state index contributed by atoms with van der Waals surface area (Å²) in [5.74, 6) is 0.741. The van der Waals surface area contributed by atoms with Gasteiger partial charge in [-0.3, -0.25) is 4.79 Å². The standard InChI is InChI=1S/C19H21BrN2O/c1-13-9-16(20)7-8-17(13)19(23)22-11-15(10-21)18(12-22)14-5-3-2-4-6-14/h2-9,15,18H,10-12,21H2,1H3/t15-,18+/m1/s1. The molecule has 3 nitrogen and oxygen atoms in total. The van der Waals surface area contributed by atoms with Crippen molar-refractivity contribution in [3.8, 4) is 0 Å². The molecule has 0 bridgehead atoms. The monoisotopic (exact) mass is 372 g/mol. The average molecular weight is 373 g/mol. The number of carbonyl (C=O) groups excluding carboxylic acids is 1. The van der Waals surface area contributed by atoms with Crippen LogP contribution < -0.4 is 5.73 Å². The number of benzene rings is 2. The Labute approximate surface area is 145 Å². The van der Waals surface area contributed by atoms with E-state index in [0.717, 1.165) is 28.7 Å². The van der Waals surface area contributed by atoms with E-state index in [1.807, 2.05) is 48.2 Å². The van der Waals surface area contributed by atoms with Gasteiger partial charge in [-0.2, -0.15) is 0 Å². The van der Waals surface area contributed by atoms with Gasteiger partial charge in [-0.05, 0) is 48.7 Å². The molecule has 2 aromatic carbocycles. The molecule has 0 unspecified atom stereocenters. The van der Waals surface area contributed by atoms with E-state index in [0.29, 0.717) is 18.4 Å². The van der Waals surface area contributed by atoms with Crippen LogP contribution in [0.25, 0.3) is 0 Å². The molecule has 0 aliphatic carbocycles. The molecule has 1 amide bonds. The van der Waals surface area contributed by atoms with Crippen LogP contribution in [-0.2, 0) is 0 Å². The van der Waals surface area contributed by atoms with Gasteiger partial charge in [0.2, 0.25) is 0 Å². The van der Waals surface area contributed by atoms with E-state index in [1.165, 1.54) is 5.56 Å². The summed E-state index contributed by atoms with van der Waals surface area (Å²) in [6.45, 7) is 4.04. The van der Waals surface area contributed by atoms with Crippen LogP contribution in [0.15, 0.2) is 53.0 Å². The highest BCUT2D eigenvalue weighted by Gasteiger charge is 2.35. The van der Waals surface area contributed by atoms with Crippen LogP contribution >= 0.6 is 15.9 Å². The average Bonchev–Trinajstić information content (AvgIpc) is 2.99. The number of carbonyl (C=O) groups is 1. The minimum atomic E-state index is 0.104. The van der Waals surface area contributed by atoms with Gasteiger partial charge in [0.15, 0.2) is 0 Å². The van der Waals surface area contributed by atoms with E-state index in [-0.39, 0.29) is 5.91 Å². The first-order valence-electron chi connectivity index (χ1n) is 7.90. The van der Waals surface area contributed by atoms with Crippen LogP contribution in [0, 0.1) is 12.8 Å². The predicted octanol–water partition coefficient (Wildman–Crippen LogP) is 3.57. The highest BCUT2D eigenvalue weighted by molar-refractivity contribution is 9.10. The molecule has 0 spiro atoms. The fourth-order valence-corrected chi connectivity index (χ4v) is 3.87. The van der Waals surface area contributed by atoms with Crippen LogP contribution in [0.5, 0.6) is 0 Å². The summed E-state index contributed by atoms with van der Waals surface area (Å²) in [6, 6.07) is 16.2. The Kier molecular flexibility index (Phi) is 4.83. The molecule has 120 valence electrons. The maximum absolute atomic E-state index is 12.9. The SMILES string of the molecule is Cc1cc(Br)ccc1C(=O)N1C[C@@H](CN)[C@H](c2ccccc2)C1. The fraction of sp³-hybridized carbons (Fsp3) is 0.316. The van der Waals surface area contributed by atoms with E-state index in [1.54, 1.807) is 0 Å². The minimum Gasteiger partial charge on any atom is -0.338 e. The van der Waals surface area contributed by atoms with Crippen molar-refractivity contribution in [3.05, 3.63) is 69.7 Å². The number of nitrogens with zero attached hydrogens (tertiary/aromatic N) is 1. The predicted molar refractivity (Wildman–Crippen MR) is 96.5 cm³/mol. The molecule has 0 saturated carbocycles. The second kappa shape index (κ2) is 6.85. The van der Waals surface area contributed by atoms with Gasteiger partial charge in [0, 0.05) is 29.0 Å². The second-order valence-corrected chi connectivity index (χ2v) is 7.10. The fourth-order valence-electron chi connectivity index (χ4n) is 3.39. The van der Waals surface area contributed by atoms with Gasteiger partial charge in [0.1, 0.15) is 0 Å². The molecule has 2 aromatic rings. The molecule has 23 heavy (non-hydrogen) atoms. The Morgan fingerprint density at radius 1 is 1.22 bits per heavy atom. The lowest BCUT2D eigenvalue weighted by atomic mass is 9.89. The van der Waals surface area contributed by atoms with Crippen molar-refractivity contribution in [3.63, 3.8) is 0 Å². The zero-order valence-corrected chi connectivity index (χ0v) is 14.8. The van der Waals surface area contributed by atoms with Gasteiger partial charge in [-0.15, -0.1) is 0 Å². The quantitative estimate of drug-likeness (QED) is 0.894. The smallest absolute Gasteiger partial charge is 0.254 e. The molecule has 2 atom stereocenters. The molecule has 4 heteroatoms. The van der Waals surface area contributed by atoms with Gasteiger partial charge in [-0.25, -0.2) is 0 Å². The lowest BCUT2D eigenvalue weighted by Crippen LogP contribution is -2.30. The van der Waals surface area contributed by atoms with Gasteiger partial charge in [0.25, 0.3) is 5.91 Å². The molecule has 2 N–H and O–H groups in total. The summed E-state index contributed by atoms with van der Waals surface area (Å²) in [5.41, 5.74) is 9.01. The van der Waals surface area contributed by atoms with Crippen molar-refractivity contribution >= 4 is 21.8 Å². The first-order valence-corrected chi connectivity index (χ1v) is 8.70. The third-order valence-corrected chi connectivity index (χ3v) is 5.17. The highest BCUT2D eigenvalue weighted by atomic mass is 79.9. The summed E-state index contributed by atoms with van der Waals surface area (Å²) in [7, 11) is 0. The van der Waals surface area contributed by atoms with E-state index in [2.05, 4.69) is 28.1 Å². The van der Waals surface area contributed by atoms with Crippen molar-refractivity contribution < 1.29 is 4.79 Å². The summed E-state index contributed by atoms with van der Waals surface area (Å²) >= 11 is 3.45. The van der Waals surface area contributed by atoms with Gasteiger partial charge in [0.05, 0.1) is 0 Å². The zero-order valence-electron chi connectivity index (χ0n) is 13.2. The van der Waals surface area contributed by atoms with E-state index in [4.69, 9.17) is 5.73 Å². The molecular weight excluding hydrogens is 352 g/mol. The molecular formula is C19H21BrN2O. The van der Waals surface area contributed by atoms with Crippen molar-refractivity contribution in [2.45, 2.75) is 12.8 Å². The lowest BCUT2D eigenvalue weighted by molar-refractivity contribution is 0.0785. The van der Waals surface area contributed by atoms with Crippen molar-refractivity contribution in [1.29, 1.82) is 0 Å². The van der Waals surface area contributed by atoms with E-state index < -0.39 is 0 Å². The molecule has 0 aromatic heterocycles. The van der Waals surface area contributed by atoms with Crippen LogP contribution in [-0.4, -0.2) is 30.4 Å². The Hall–Kier alpha value is -1.65. The number of amides is 1. The summed E-state index contributed by atoms with van der Waals surface area (Å²) < 4.78 is 0.995. The number of rotatable bonds is 3. The minimum absolute atomic E-state index is 0.104. The number of nitrogens with two attached hydrogens (primary N) is 1. The molecule has 1 heterocycles. The van der Waals surface area contributed by atoms with E-state index in [9.17, 15) is 4.79 Å². The largest absolute Gasteiger partial charge is 0.338 e. The van der Waals surface area contributed by atoms with Gasteiger partial charge < -0.3 is 10.6 Å². The van der Waals surface area contributed by atoms with Gasteiger partial charge >= 0.3 is 0 Å². The number of likely N-dealkylation sites (tertiary alicyclic amines) is 1. The molecule has 1 aliphatic heterocycles. The summed E-state index contributed by atoms with van der Waals surface area (Å²) in [5, 5.41) is 0. The number of hydrogen-bond donors (Lipinski definition) is 1. The van der Waals surface area contributed by atoms with Crippen molar-refractivity contribution in [1.82, 2.24) is 4.90 Å². The normalized spacial score (nSPS) is 20.7. The maximum Gasteiger partial charge on any atom is 0.254 e. The van der Waals surface area contributed by atoms with Crippen molar-refractivity contribution in [2.24, 2.45) is 11.7 Å². The topological polar surface area (TPSA) is 46.3 Å². The first kappa shape index (κ1) is 16.2. The van der Waals surface area contributed by atoms with Crippen LogP contribution in [0.2, 0.25) is 0 Å². The second-order valence-electron chi connectivity index (χ2n) is 6.18. The zero-order chi connectivity index (χ0) is 16.4. The van der Waals surface area contributed by atoms with E-state index >= 15 is 0 Å². The van der Waals surface area contributed by atoms with Gasteiger partial charge in [-0.1, -0.05) is 46.3 Å². The van der Waals surface area contributed by atoms with Crippen LogP contribution in [0.3, 0.4) is 0 Å². The molecule has 0 radical (unpaired) electrons. The Bertz CT molecular complexity index is 702. The van der Waals surface area contributed by atoms with Crippen molar-refractivity contribution in [2.75, 3.05) is 19.6 Å². The number of halogens is 1. The molecule has 1 aliphatic rings. The third kappa shape index (κ3) is 3.33. The highest BCUT2D eigenvalue weighted by Crippen LogP contribution is 2.33. The van der Waals surface area contributed by atoms with Crippen LogP contribution in [0.1, 0.15) is 27.4 Å². The number of hydrogen-bond acceptors (Lipinski definition) is 2. The van der Waals surface area contributed by atoms with Crippen LogP contribution in [0.4, 0.5) is 0 Å².